The summed E-state index contributed by atoms with van der Waals surface area (Å²) in [7, 11) is 0. The second-order valence-corrected chi connectivity index (χ2v) is 5.53. The third kappa shape index (κ3) is 3.67. The first-order chi connectivity index (χ1) is 10.6. The van der Waals surface area contributed by atoms with E-state index in [0.29, 0.717) is 17.1 Å². The summed E-state index contributed by atoms with van der Waals surface area (Å²) >= 11 is 6.18. The van der Waals surface area contributed by atoms with Crippen molar-refractivity contribution in [3.8, 4) is 5.69 Å². The first-order valence-electron chi connectivity index (χ1n) is 7.30. The quantitative estimate of drug-likeness (QED) is 0.859. The number of halogens is 1. The number of hydrogen-bond acceptors (Lipinski definition) is 3. The molecule has 0 aliphatic carbocycles. The maximum Gasteiger partial charge on any atom is 0.272 e. The Kier molecular flexibility index (Phi) is 5.57. The van der Waals surface area contributed by atoms with E-state index < -0.39 is 0 Å². The lowest BCUT2D eigenvalue weighted by Gasteiger charge is -2.14. The molecule has 1 atom stereocenters. The van der Waals surface area contributed by atoms with Gasteiger partial charge in [-0.05, 0) is 38.0 Å². The number of nitrogens with one attached hydrogen (secondary N) is 1. The van der Waals surface area contributed by atoms with Crippen LogP contribution in [0.5, 0.6) is 0 Å². The van der Waals surface area contributed by atoms with Crippen LogP contribution in [0.1, 0.15) is 35.9 Å². The topological polar surface area (TPSA) is 67.2 Å². The minimum atomic E-state index is -0.241. The lowest BCUT2D eigenvalue weighted by molar-refractivity contribution is 0.0923. The third-order valence-electron chi connectivity index (χ3n) is 3.51. The highest BCUT2D eigenvalue weighted by Crippen LogP contribution is 2.21. The van der Waals surface area contributed by atoms with Crippen LogP contribution in [0.3, 0.4) is 0 Å². The van der Waals surface area contributed by atoms with E-state index in [9.17, 15) is 4.79 Å². The van der Waals surface area contributed by atoms with Crippen molar-refractivity contribution in [3.05, 3.63) is 46.7 Å². The zero-order chi connectivity index (χ0) is 16.1. The Morgan fingerprint density at radius 3 is 2.82 bits per heavy atom. The minimum absolute atomic E-state index is 0.0475. The number of aliphatic hydroxyl groups excluding tert-OH is 1. The van der Waals surface area contributed by atoms with Gasteiger partial charge in [-0.2, -0.15) is 5.10 Å². The molecule has 1 aromatic carbocycles. The summed E-state index contributed by atoms with van der Waals surface area (Å²) in [6.07, 6.45) is 1.29. The minimum Gasteiger partial charge on any atom is -0.396 e. The number of nitrogens with zero attached hydrogens (tertiary/aromatic N) is 2. The van der Waals surface area contributed by atoms with Crippen LogP contribution in [0, 0.1) is 6.92 Å². The molecular formula is C16H20ClN3O2. The lowest BCUT2D eigenvalue weighted by atomic mass is 10.1. The van der Waals surface area contributed by atoms with Crippen LogP contribution in [-0.4, -0.2) is 33.4 Å². The van der Waals surface area contributed by atoms with Crippen molar-refractivity contribution in [2.75, 3.05) is 6.61 Å². The maximum absolute atomic E-state index is 12.3. The average molecular weight is 322 g/mol. The van der Waals surface area contributed by atoms with E-state index in [-0.39, 0.29) is 18.6 Å². The molecule has 0 spiro atoms. The van der Waals surface area contributed by atoms with E-state index in [0.717, 1.165) is 17.8 Å². The van der Waals surface area contributed by atoms with Crippen LogP contribution in [0.2, 0.25) is 5.02 Å². The van der Waals surface area contributed by atoms with Gasteiger partial charge in [-0.15, -0.1) is 0 Å². The Morgan fingerprint density at radius 1 is 1.45 bits per heavy atom. The number of para-hydroxylation sites is 1. The molecule has 2 rings (SSSR count). The van der Waals surface area contributed by atoms with Crippen molar-refractivity contribution >= 4 is 17.5 Å². The molecule has 0 bridgehead atoms. The van der Waals surface area contributed by atoms with Crippen molar-refractivity contribution in [1.29, 1.82) is 0 Å². The van der Waals surface area contributed by atoms with Gasteiger partial charge < -0.3 is 10.4 Å². The highest BCUT2D eigenvalue weighted by molar-refractivity contribution is 6.32. The van der Waals surface area contributed by atoms with Gasteiger partial charge in [0.15, 0.2) is 5.69 Å². The summed E-state index contributed by atoms with van der Waals surface area (Å²) < 4.78 is 1.66. The Labute approximate surface area is 134 Å². The summed E-state index contributed by atoms with van der Waals surface area (Å²) in [5.74, 6) is -0.241. The maximum atomic E-state index is 12.3. The summed E-state index contributed by atoms with van der Waals surface area (Å²) in [5, 5.41) is 16.8. The molecule has 6 heteroatoms. The molecule has 22 heavy (non-hydrogen) atoms. The number of aryl methyl sites for hydroxylation is 1. The molecular weight excluding hydrogens is 302 g/mol. The number of amides is 1. The molecule has 1 aromatic heterocycles. The monoisotopic (exact) mass is 321 g/mol. The van der Waals surface area contributed by atoms with Gasteiger partial charge in [0.2, 0.25) is 0 Å². The van der Waals surface area contributed by atoms with Crippen LogP contribution in [0.15, 0.2) is 30.3 Å². The zero-order valence-corrected chi connectivity index (χ0v) is 13.5. The Morgan fingerprint density at radius 2 is 2.18 bits per heavy atom. The first kappa shape index (κ1) is 16.5. The number of hydrogen-bond donors (Lipinski definition) is 2. The van der Waals surface area contributed by atoms with Gasteiger partial charge in [0, 0.05) is 18.3 Å². The molecule has 5 nitrogen and oxygen atoms in total. The van der Waals surface area contributed by atoms with Crippen molar-refractivity contribution in [2.45, 2.75) is 32.7 Å². The molecule has 1 amide bonds. The molecule has 1 heterocycles. The fourth-order valence-electron chi connectivity index (χ4n) is 2.25. The van der Waals surface area contributed by atoms with E-state index >= 15 is 0 Å². The van der Waals surface area contributed by atoms with E-state index in [1.165, 1.54) is 0 Å². The largest absolute Gasteiger partial charge is 0.396 e. The number of aliphatic hydroxyl groups is 1. The summed E-state index contributed by atoms with van der Waals surface area (Å²) in [5.41, 5.74) is 1.91. The molecule has 0 fully saturated rings. The number of carbonyl (C=O) groups excluding carboxylic acids is 1. The zero-order valence-electron chi connectivity index (χ0n) is 12.7. The van der Waals surface area contributed by atoms with Gasteiger partial charge >= 0.3 is 0 Å². The Bertz CT molecular complexity index is 655. The van der Waals surface area contributed by atoms with Gasteiger partial charge in [-0.1, -0.05) is 30.7 Å². The molecule has 0 aliphatic heterocycles. The lowest BCUT2D eigenvalue weighted by Crippen LogP contribution is -2.35. The fraction of sp³-hybridized carbons (Fsp3) is 0.375. The Balaban J connectivity index is 2.23. The van der Waals surface area contributed by atoms with Gasteiger partial charge in [-0.3, -0.25) is 4.79 Å². The van der Waals surface area contributed by atoms with Crippen molar-refractivity contribution in [1.82, 2.24) is 15.1 Å². The van der Waals surface area contributed by atoms with E-state index in [4.69, 9.17) is 16.7 Å². The second-order valence-electron chi connectivity index (χ2n) is 5.13. The number of benzene rings is 1. The molecule has 0 saturated heterocycles. The number of aromatic nitrogens is 2. The van der Waals surface area contributed by atoms with Gasteiger partial charge in [0.1, 0.15) is 0 Å². The molecule has 1 unspecified atom stereocenters. The summed E-state index contributed by atoms with van der Waals surface area (Å²) in [6, 6.07) is 9.03. The molecule has 118 valence electrons. The van der Waals surface area contributed by atoms with Crippen LogP contribution in [0.25, 0.3) is 5.69 Å². The van der Waals surface area contributed by atoms with Crippen LogP contribution >= 0.6 is 11.6 Å². The summed E-state index contributed by atoms with van der Waals surface area (Å²) in [6.45, 7) is 3.89. The Hall–Kier alpha value is -1.85. The first-order valence-corrected chi connectivity index (χ1v) is 7.68. The average Bonchev–Trinajstić information content (AvgIpc) is 2.89. The van der Waals surface area contributed by atoms with Gasteiger partial charge in [-0.25, -0.2) is 4.68 Å². The molecule has 2 N–H and O–H groups in total. The third-order valence-corrected chi connectivity index (χ3v) is 3.83. The van der Waals surface area contributed by atoms with Crippen LogP contribution in [-0.2, 0) is 0 Å². The molecule has 0 aliphatic rings. The highest BCUT2D eigenvalue weighted by atomic mass is 35.5. The van der Waals surface area contributed by atoms with E-state index in [1.807, 2.05) is 32.0 Å². The van der Waals surface area contributed by atoms with E-state index in [2.05, 4.69) is 10.4 Å². The normalized spacial score (nSPS) is 12.2. The van der Waals surface area contributed by atoms with Crippen molar-refractivity contribution in [3.63, 3.8) is 0 Å². The smallest absolute Gasteiger partial charge is 0.272 e. The second kappa shape index (κ2) is 7.42. The fourth-order valence-corrected chi connectivity index (χ4v) is 2.46. The van der Waals surface area contributed by atoms with E-state index in [1.54, 1.807) is 16.8 Å². The predicted molar refractivity (Wildman–Crippen MR) is 86.6 cm³/mol. The number of carbonyl (C=O) groups is 1. The van der Waals surface area contributed by atoms with Crippen molar-refractivity contribution in [2.24, 2.45) is 0 Å². The standard InChI is InChI=1S/C16H20ClN3O2/c1-3-12(8-9-21)18-16(22)14-10-11(2)20(19-14)15-7-5-4-6-13(15)17/h4-7,10,12,21H,3,8-9H2,1-2H3,(H,18,22). The highest BCUT2D eigenvalue weighted by Gasteiger charge is 2.17. The van der Waals surface area contributed by atoms with Crippen molar-refractivity contribution < 1.29 is 9.90 Å². The molecule has 0 radical (unpaired) electrons. The van der Waals surface area contributed by atoms with Gasteiger partial charge in [0.05, 0.1) is 10.7 Å². The summed E-state index contributed by atoms with van der Waals surface area (Å²) in [4.78, 5) is 12.3. The number of rotatable bonds is 6. The van der Waals surface area contributed by atoms with Crippen LogP contribution in [0.4, 0.5) is 0 Å². The SMILES string of the molecule is CCC(CCO)NC(=O)c1cc(C)n(-c2ccccc2Cl)n1. The predicted octanol–water partition coefficient (Wildman–Crippen LogP) is 2.72. The molecule has 0 saturated carbocycles. The molecule has 2 aromatic rings. The van der Waals surface area contributed by atoms with Crippen LogP contribution < -0.4 is 5.32 Å². The van der Waals surface area contributed by atoms with Gasteiger partial charge in [0.25, 0.3) is 5.91 Å².